The molecule has 1 aromatic heterocycles. The first kappa shape index (κ1) is 10.8. The van der Waals surface area contributed by atoms with E-state index in [0.29, 0.717) is 17.6 Å². The first-order valence-electron chi connectivity index (χ1n) is 5.43. The lowest BCUT2D eigenvalue weighted by atomic mass is 10.2. The Hall–Kier alpha value is -1.71. The van der Waals surface area contributed by atoms with Crippen LogP contribution in [0, 0.1) is 5.92 Å². The van der Waals surface area contributed by atoms with Gasteiger partial charge in [0.2, 0.25) is 0 Å². The molecule has 0 saturated heterocycles. The minimum atomic E-state index is 0.574. The zero-order valence-electron chi connectivity index (χ0n) is 9.90. The molecule has 16 heavy (non-hydrogen) atoms. The van der Waals surface area contributed by atoms with Crippen molar-refractivity contribution >= 4 is 22.8 Å². The van der Waals surface area contributed by atoms with Crippen molar-refractivity contribution in [2.75, 3.05) is 24.2 Å². The molecule has 2 N–H and O–H groups in total. The van der Waals surface area contributed by atoms with Crippen LogP contribution in [0.1, 0.15) is 13.8 Å². The molecule has 4 nitrogen and oxygen atoms in total. The summed E-state index contributed by atoms with van der Waals surface area (Å²) in [5.41, 5.74) is 7.99. The first-order chi connectivity index (χ1) is 7.56. The van der Waals surface area contributed by atoms with Crippen molar-refractivity contribution in [3.8, 4) is 0 Å². The second kappa shape index (κ2) is 4.04. The SMILES string of the molecule is CC(C)CN(C)c1nc2cc(N)ccc2o1. The normalized spacial score (nSPS) is 11.2. The molecule has 0 fully saturated rings. The monoisotopic (exact) mass is 219 g/mol. The van der Waals surface area contributed by atoms with Gasteiger partial charge in [-0.15, -0.1) is 0 Å². The van der Waals surface area contributed by atoms with Crippen LogP contribution < -0.4 is 10.6 Å². The van der Waals surface area contributed by atoms with Gasteiger partial charge in [-0.3, -0.25) is 0 Å². The van der Waals surface area contributed by atoms with Crippen LogP contribution in [-0.2, 0) is 0 Å². The van der Waals surface area contributed by atoms with Gasteiger partial charge in [-0.2, -0.15) is 4.98 Å². The van der Waals surface area contributed by atoms with Gasteiger partial charge in [0, 0.05) is 19.3 Å². The first-order valence-corrected chi connectivity index (χ1v) is 5.43. The van der Waals surface area contributed by atoms with E-state index in [-0.39, 0.29) is 0 Å². The highest BCUT2D eigenvalue weighted by molar-refractivity contribution is 5.78. The highest BCUT2D eigenvalue weighted by Crippen LogP contribution is 2.23. The Bertz CT molecular complexity index is 490. The number of rotatable bonds is 3. The number of benzene rings is 1. The summed E-state index contributed by atoms with van der Waals surface area (Å²) in [5.74, 6) is 0.574. The maximum Gasteiger partial charge on any atom is 0.298 e. The topological polar surface area (TPSA) is 55.3 Å². The number of aromatic nitrogens is 1. The molecular weight excluding hydrogens is 202 g/mol. The number of hydrogen-bond donors (Lipinski definition) is 1. The minimum Gasteiger partial charge on any atom is -0.423 e. The van der Waals surface area contributed by atoms with Crippen LogP contribution in [-0.4, -0.2) is 18.6 Å². The highest BCUT2D eigenvalue weighted by atomic mass is 16.4. The van der Waals surface area contributed by atoms with Crippen LogP contribution in [0.3, 0.4) is 0 Å². The molecule has 2 rings (SSSR count). The number of hydrogen-bond acceptors (Lipinski definition) is 4. The molecule has 0 amide bonds. The molecule has 0 spiro atoms. The third-order valence-corrected chi connectivity index (χ3v) is 2.37. The minimum absolute atomic E-state index is 0.574. The zero-order chi connectivity index (χ0) is 11.7. The number of oxazole rings is 1. The second-order valence-electron chi connectivity index (χ2n) is 4.50. The largest absolute Gasteiger partial charge is 0.423 e. The quantitative estimate of drug-likeness (QED) is 0.806. The van der Waals surface area contributed by atoms with E-state index in [1.165, 1.54) is 0 Å². The molecule has 4 heteroatoms. The predicted octanol–water partition coefficient (Wildman–Crippen LogP) is 2.50. The number of fused-ring (bicyclic) bond motifs is 1. The Morgan fingerprint density at radius 3 is 2.88 bits per heavy atom. The molecule has 0 aliphatic heterocycles. The van der Waals surface area contributed by atoms with Crippen molar-refractivity contribution in [2.24, 2.45) is 5.92 Å². The fourth-order valence-electron chi connectivity index (χ4n) is 1.72. The van der Waals surface area contributed by atoms with Gasteiger partial charge in [0.25, 0.3) is 6.01 Å². The van der Waals surface area contributed by atoms with E-state index >= 15 is 0 Å². The van der Waals surface area contributed by atoms with Gasteiger partial charge in [0.05, 0.1) is 0 Å². The Balaban J connectivity index is 2.32. The Kier molecular flexibility index (Phi) is 2.73. The number of nitrogens with two attached hydrogens (primary N) is 1. The van der Waals surface area contributed by atoms with Crippen molar-refractivity contribution in [3.05, 3.63) is 18.2 Å². The van der Waals surface area contributed by atoms with E-state index in [9.17, 15) is 0 Å². The van der Waals surface area contributed by atoms with Crippen LogP contribution in [0.15, 0.2) is 22.6 Å². The summed E-state index contributed by atoms with van der Waals surface area (Å²) in [6.07, 6.45) is 0. The average Bonchev–Trinajstić information content (AvgIpc) is 2.59. The molecule has 0 aliphatic carbocycles. The third kappa shape index (κ3) is 2.10. The number of nitrogen functional groups attached to an aromatic ring is 1. The summed E-state index contributed by atoms with van der Waals surface area (Å²) in [5, 5.41) is 0. The summed E-state index contributed by atoms with van der Waals surface area (Å²) in [6.45, 7) is 5.25. The van der Waals surface area contributed by atoms with Crippen molar-refractivity contribution in [3.63, 3.8) is 0 Å². The number of nitrogens with zero attached hydrogens (tertiary/aromatic N) is 2. The molecule has 0 atom stereocenters. The van der Waals surface area contributed by atoms with E-state index in [2.05, 4.69) is 18.8 Å². The lowest BCUT2D eigenvalue weighted by Crippen LogP contribution is -2.22. The maximum absolute atomic E-state index is 5.69. The number of anilines is 2. The van der Waals surface area contributed by atoms with Gasteiger partial charge < -0.3 is 15.1 Å². The summed E-state index contributed by atoms with van der Waals surface area (Å²) < 4.78 is 5.64. The van der Waals surface area contributed by atoms with Gasteiger partial charge in [-0.05, 0) is 24.1 Å². The van der Waals surface area contributed by atoms with Crippen molar-refractivity contribution < 1.29 is 4.42 Å². The maximum atomic E-state index is 5.69. The van der Waals surface area contributed by atoms with Gasteiger partial charge >= 0.3 is 0 Å². The average molecular weight is 219 g/mol. The zero-order valence-corrected chi connectivity index (χ0v) is 9.90. The molecule has 0 unspecified atom stereocenters. The van der Waals surface area contributed by atoms with Gasteiger partial charge in [-0.1, -0.05) is 13.8 Å². The Morgan fingerprint density at radius 1 is 1.44 bits per heavy atom. The van der Waals surface area contributed by atoms with Crippen LogP contribution in [0.2, 0.25) is 0 Å². The van der Waals surface area contributed by atoms with Gasteiger partial charge in [0.15, 0.2) is 5.58 Å². The molecule has 0 bridgehead atoms. The van der Waals surface area contributed by atoms with E-state index in [1.807, 2.05) is 30.1 Å². The van der Waals surface area contributed by atoms with Crippen LogP contribution >= 0.6 is 0 Å². The van der Waals surface area contributed by atoms with E-state index in [1.54, 1.807) is 0 Å². The molecule has 2 aromatic rings. The smallest absolute Gasteiger partial charge is 0.298 e. The van der Waals surface area contributed by atoms with Crippen LogP contribution in [0.5, 0.6) is 0 Å². The van der Waals surface area contributed by atoms with E-state index < -0.39 is 0 Å². The van der Waals surface area contributed by atoms with Crippen LogP contribution in [0.4, 0.5) is 11.7 Å². The molecule has 86 valence electrons. The lowest BCUT2D eigenvalue weighted by molar-refractivity contribution is 0.550. The highest BCUT2D eigenvalue weighted by Gasteiger charge is 2.11. The molecular formula is C12H17N3O. The van der Waals surface area contributed by atoms with E-state index in [4.69, 9.17) is 10.2 Å². The van der Waals surface area contributed by atoms with Crippen molar-refractivity contribution in [1.29, 1.82) is 0 Å². The standard InChI is InChI=1S/C12H17N3O/c1-8(2)7-15(3)12-14-10-6-9(13)4-5-11(10)16-12/h4-6,8H,7,13H2,1-3H3. The molecule has 1 heterocycles. The van der Waals surface area contributed by atoms with Gasteiger partial charge in [-0.25, -0.2) is 0 Å². The predicted molar refractivity (Wildman–Crippen MR) is 66.5 cm³/mol. The van der Waals surface area contributed by atoms with Crippen molar-refractivity contribution in [1.82, 2.24) is 4.98 Å². The lowest BCUT2D eigenvalue weighted by Gasteiger charge is -2.16. The molecule has 0 saturated carbocycles. The molecule has 1 aromatic carbocycles. The molecule has 0 aliphatic rings. The summed E-state index contributed by atoms with van der Waals surface area (Å²) in [7, 11) is 1.98. The second-order valence-corrected chi connectivity index (χ2v) is 4.50. The summed E-state index contributed by atoms with van der Waals surface area (Å²) in [4.78, 5) is 6.42. The Labute approximate surface area is 95.1 Å². The summed E-state index contributed by atoms with van der Waals surface area (Å²) in [6, 6.07) is 6.14. The Morgan fingerprint density at radius 2 is 2.19 bits per heavy atom. The van der Waals surface area contributed by atoms with Crippen LogP contribution in [0.25, 0.3) is 11.1 Å². The van der Waals surface area contributed by atoms with E-state index in [0.717, 1.165) is 17.6 Å². The fraction of sp³-hybridized carbons (Fsp3) is 0.417. The fourth-order valence-corrected chi connectivity index (χ4v) is 1.72. The van der Waals surface area contributed by atoms with Crippen molar-refractivity contribution in [2.45, 2.75) is 13.8 Å². The summed E-state index contributed by atoms with van der Waals surface area (Å²) >= 11 is 0. The molecule has 0 radical (unpaired) electrons. The van der Waals surface area contributed by atoms with Gasteiger partial charge in [0.1, 0.15) is 5.52 Å². The third-order valence-electron chi connectivity index (χ3n) is 2.37.